The summed E-state index contributed by atoms with van der Waals surface area (Å²) in [7, 11) is 0. The van der Waals surface area contributed by atoms with Gasteiger partial charge in [-0.15, -0.1) is 58.0 Å². The van der Waals surface area contributed by atoms with E-state index >= 15 is 0 Å². The molecule has 0 fully saturated rings. The topological polar surface area (TPSA) is 0 Å². The van der Waals surface area contributed by atoms with Crippen LogP contribution in [-0.2, 0) is 0 Å². The van der Waals surface area contributed by atoms with Gasteiger partial charge in [0, 0.05) is 34.4 Å². The third kappa shape index (κ3) is 2.45. The Morgan fingerprint density at radius 3 is 1.39 bits per heavy atom. The standard InChI is InChI=1S/C12H12Cl6/c1-7(18)12(6-17)10(4-15)8(2-13)9(3-14)11(12)5-16/h1-6H2. The number of halogens is 6. The highest BCUT2D eigenvalue weighted by Crippen LogP contribution is 2.54. The Kier molecular flexibility index (Phi) is 6.72. The molecule has 0 aromatic rings. The van der Waals surface area contributed by atoms with Gasteiger partial charge in [-0.3, -0.25) is 0 Å². The van der Waals surface area contributed by atoms with Crippen molar-refractivity contribution in [2.45, 2.75) is 0 Å². The third-order valence-corrected chi connectivity index (χ3v) is 5.11. The number of allylic oxidation sites excluding steroid dienone is 5. The molecule has 1 aliphatic carbocycles. The number of hydrogen-bond donors (Lipinski definition) is 0. The van der Waals surface area contributed by atoms with Gasteiger partial charge in [-0.2, -0.15) is 0 Å². The van der Waals surface area contributed by atoms with E-state index in [1.54, 1.807) is 0 Å². The molecule has 18 heavy (non-hydrogen) atoms. The summed E-state index contributed by atoms with van der Waals surface area (Å²) in [5.41, 5.74) is 2.78. The molecule has 0 atom stereocenters. The zero-order valence-corrected chi connectivity index (χ0v) is 14.0. The second kappa shape index (κ2) is 7.11. The summed E-state index contributed by atoms with van der Waals surface area (Å²) in [5.74, 6) is 1.35. The van der Waals surface area contributed by atoms with Crippen molar-refractivity contribution in [2.24, 2.45) is 5.41 Å². The van der Waals surface area contributed by atoms with Crippen LogP contribution in [0.3, 0.4) is 0 Å². The number of hydrogen-bond acceptors (Lipinski definition) is 0. The largest absolute Gasteiger partial charge is 0.125 e. The molecule has 0 bridgehead atoms. The van der Waals surface area contributed by atoms with Crippen LogP contribution in [0.5, 0.6) is 0 Å². The minimum Gasteiger partial charge on any atom is -0.125 e. The maximum atomic E-state index is 6.18. The average Bonchev–Trinajstić information content (AvgIpc) is 2.66. The van der Waals surface area contributed by atoms with E-state index < -0.39 is 5.41 Å². The van der Waals surface area contributed by atoms with Crippen molar-refractivity contribution < 1.29 is 0 Å². The summed E-state index contributed by atoms with van der Waals surface area (Å²) in [6.45, 7) is 3.82. The molecular weight excluding hydrogens is 357 g/mol. The van der Waals surface area contributed by atoms with E-state index in [-0.39, 0.29) is 17.6 Å². The monoisotopic (exact) mass is 366 g/mol. The molecule has 1 rings (SSSR count). The minimum atomic E-state index is -0.721. The first-order valence-corrected chi connectivity index (χ1v) is 8.20. The third-order valence-electron chi connectivity index (χ3n) is 3.32. The van der Waals surface area contributed by atoms with Gasteiger partial charge in [0.25, 0.3) is 0 Å². The molecule has 0 aromatic carbocycles. The molecule has 102 valence electrons. The Hall–Kier alpha value is 0.960. The van der Waals surface area contributed by atoms with Gasteiger partial charge in [-0.25, -0.2) is 0 Å². The molecule has 0 heterocycles. The summed E-state index contributed by atoms with van der Waals surface area (Å²) in [6.07, 6.45) is 0. The molecule has 0 aromatic heterocycles. The summed E-state index contributed by atoms with van der Waals surface area (Å²) in [6, 6.07) is 0. The van der Waals surface area contributed by atoms with E-state index in [4.69, 9.17) is 69.6 Å². The lowest BCUT2D eigenvalue weighted by Crippen LogP contribution is -2.28. The van der Waals surface area contributed by atoms with Crippen LogP contribution in [0.15, 0.2) is 33.9 Å². The second-order valence-corrected chi connectivity index (χ2v) is 5.69. The normalized spacial score (nSPS) is 18.8. The van der Waals surface area contributed by atoms with Gasteiger partial charge in [0.1, 0.15) is 0 Å². The molecule has 0 unspecified atom stereocenters. The van der Waals surface area contributed by atoms with Crippen molar-refractivity contribution in [1.29, 1.82) is 0 Å². The van der Waals surface area contributed by atoms with Gasteiger partial charge in [-0.1, -0.05) is 18.2 Å². The number of rotatable bonds is 6. The summed E-state index contributed by atoms with van der Waals surface area (Å²) < 4.78 is 0. The molecule has 0 aliphatic heterocycles. The average molecular weight is 369 g/mol. The predicted molar refractivity (Wildman–Crippen MR) is 85.1 cm³/mol. The van der Waals surface area contributed by atoms with Crippen molar-refractivity contribution in [3.8, 4) is 0 Å². The van der Waals surface area contributed by atoms with Crippen LogP contribution >= 0.6 is 69.6 Å². The molecule has 0 saturated heterocycles. The molecule has 1 aliphatic rings. The molecule has 0 spiro atoms. The summed E-state index contributed by atoms with van der Waals surface area (Å²) in [5, 5.41) is 0.395. The van der Waals surface area contributed by atoms with E-state index in [2.05, 4.69) is 6.58 Å². The fourth-order valence-electron chi connectivity index (χ4n) is 2.33. The summed E-state index contributed by atoms with van der Waals surface area (Å²) in [4.78, 5) is 0. The second-order valence-electron chi connectivity index (χ2n) is 3.89. The molecule has 0 radical (unpaired) electrons. The van der Waals surface area contributed by atoms with Crippen molar-refractivity contribution >= 4 is 69.6 Å². The first kappa shape index (κ1) is 17.0. The molecule has 0 N–H and O–H groups in total. The highest BCUT2D eigenvalue weighted by Gasteiger charge is 2.46. The predicted octanol–water partition coefficient (Wildman–Crippen LogP) is 5.53. The van der Waals surface area contributed by atoms with Gasteiger partial charge in [0.2, 0.25) is 0 Å². The van der Waals surface area contributed by atoms with Crippen molar-refractivity contribution in [2.75, 3.05) is 29.4 Å². The maximum Gasteiger partial charge on any atom is 0.0643 e. The van der Waals surface area contributed by atoms with Gasteiger partial charge >= 0.3 is 0 Å². The molecular formula is C12H12Cl6. The van der Waals surface area contributed by atoms with Crippen LogP contribution in [-0.4, -0.2) is 29.4 Å². The summed E-state index contributed by atoms with van der Waals surface area (Å²) >= 11 is 36.4. The van der Waals surface area contributed by atoms with E-state index in [0.29, 0.717) is 16.8 Å². The SMILES string of the molecule is C=C(Cl)C1(CCl)C(CCl)=C(CCl)C(CCl)=C1CCl. The Morgan fingerprint density at radius 1 is 0.833 bits per heavy atom. The van der Waals surface area contributed by atoms with Gasteiger partial charge in [0.05, 0.1) is 5.41 Å². The Labute approximate surface area is 137 Å². The molecule has 0 nitrogen and oxygen atoms in total. The molecule has 0 saturated carbocycles. The molecule has 6 heteroatoms. The fourth-order valence-corrected chi connectivity index (χ4v) is 4.61. The highest BCUT2D eigenvalue weighted by molar-refractivity contribution is 6.33. The van der Waals surface area contributed by atoms with Gasteiger partial charge in [-0.05, 0) is 22.3 Å². The minimum absolute atomic E-state index is 0.222. The maximum absolute atomic E-state index is 6.18. The van der Waals surface area contributed by atoms with Crippen LogP contribution < -0.4 is 0 Å². The van der Waals surface area contributed by atoms with E-state index in [9.17, 15) is 0 Å². The number of alkyl halides is 5. The van der Waals surface area contributed by atoms with Gasteiger partial charge < -0.3 is 0 Å². The van der Waals surface area contributed by atoms with Crippen molar-refractivity contribution in [3.63, 3.8) is 0 Å². The van der Waals surface area contributed by atoms with Crippen LogP contribution in [0.4, 0.5) is 0 Å². The van der Waals surface area contributed by atoms with E-state index in [1.807, 2.05) is 0 Å². The van der Waals surface area contributed by atoms with Crippen molar-refractivity contribution in [3.05, 3.63) is 33.9 Å². The first-order chi connectivity index (χ1) is 8.54. The lowest BCUT2D eigenvalue weighted by Gasteiger charge is -2.32. The van der Waals surface area contributed by atoms with Crippen LogP contribution in [0.1, 0.15) is 0 Å². The van der Waals surface area contributed by atoms with Crippen LogP contribution in [0.2, 0.25) is 0 Å². The highest BCUT2D eigenvalue weighted by atomic mass is 35.5. The van der Waals surface area contributed by atoms with Crippen LogP contribution in [0, 0.1) is 5.41 Å². The fraction of sp³-hybridized carbons (Fsp3) is 0.500. The molecule has 0 amide bonds. The van der Waals surface area contributed by atoms with Gasteiger partial charge in [0.15, 0.2) is 0 Å². The Morgan fingerprint density at radius 2 is 1.22 bits per heavy atom. The zero-order chi connectivity index (χ0) is 13.9. The van der Waals surface area contributed by atoms with E-state index in [1.165, 1.54) is 0 Å². The van der Waals surface area contributed by atoms with Crippen LogP contribution in [0.25, 0.3) is 0 Å². The lowest BCUT2D eigenvalue weighted by atomic mass is 9.79. The van der Waals surface area contributed by atoms with Crippen molar-refractivity contribution in [1.82, 2.24) is 0 Å². The van der Waals surface area contributed by atoms with E-state index in [0.717, 1.165) is 22.3 Å². The quantitative estimate of drug-likeness (QED) is 0.541. The smallest absolute Gasteiger partial charge is 0.0643 e. The Balaban J connectivity index is 3.60. The first-order valence-electron chi connectivity index (χ1n) is 5.15. The Bertz CT molecular complexity index is 379. The zero-order valence-electron chi connectivity index (χ0n) is 9.51. The lowest BCUT2D eigenvalue weighted by molar-refractivity contribution is 0.624.